The normalized spacial score (nSPS) is 20.6. The summed E-state index contributed by atoms with van der Waals surface area (Å²) in [6, 6.07) is 4.81. The van der Waals surface area contributed by atoms with Crippen LogP contribution < -0.4 is 5.32 Å². The van der Waals surface area contributed by atoms with Crippen LogP contribution in [0.2, 0.25) is 0 Å². The van der Waals surface area contributed by atoms with Crippen molar-refractivity contribution in [1.82, 2.24) is 15.2 Å². The van der Waals surface area contributed by atoms with Crippen molar-refractivity contribution in [2.75, 3.05) is 26.3 Å². The highest BCUT2D eigenvalue weighted by atomic mass is 16.5. The molecule has 106 valence electrons. The predicted molar refractivity (Wildman–Crippen MR) is 76.9 cm³/mol. The summed E-state index contributed by atoms with van der Waals surface area (Å²) < 4.78 is 5.45. The molecule has 0 aromatic carbocycles. The first-order chi connectivity index (χ1) is 9.29. The van der Waals surface area contributed by atoms with Crippen LogP contribution in [0, 0.1) is 0 Å². The molecule has 1 saturated heterocycles. The number of nitrogens with zero attached hydrogens (tertiary/aromatic N) is 2. The number of hydrogen-bond acceptors (Lipinski definition) is 4. The summed E-state index contributed by atoms with van der Waals surface area (Å²) >= 11 is 0. The summed E-state index contributed by atoms with van der Waals surface area (Å²) in [6.45, 7) is 9.96. The zero-order chi connectivity index (χ0) is 13.5. The molecule has 1 N–H and O–H groups in total. The number of rotatable bonds is 6. The number of nitrogens with one attached hydrogen (secondary N) is 1. The van der Waals surface area contributed by atoms with E-state index in [2.05, 4.69) is 41.2 Å². The van der Waals surface area contributed by atoms with Gasteiger partial charge in [0.25, 0.3) is 0 Å². The lowest BCUT2D eigenvalue weighted by atomic mass is 10.2. The fourth-order valence-electron chi connectivity index (χ4n) is 2.27. The van der Waals surface area contributed by atoms with Crippen LogP contribution in [0.15, 0.2) is 18.3 Å². The average molecular weight is 263 g/mol. The van der Waals surface area contributed by atoms with Gasteiger partial charge in [0, 0.05) is 31.9 Å². The largest absolute Gasteiger partial charge is 0.379 e. The number of morpholine rings is 1. The highest BCUT2D eigenvalue weighted by Gasteiger charge is 2.18. The van der Waals surface area contributed by atoms with E-state index < -0.39 is 0 Å². The maximum Gasteiger partial charge on any atom is 0.0619 e. The molecule has 2 heterocycles. The Morgan fingerprint density at radius 2 is 2.37 bits per heavy atom. The summed E-state index contributed by atoms with van der Waals surface area (Å²) in [5.41, 5.74) is 2.40. The van der Waals surface area contributed by atoms with E-state index in [-0.39, 0.29) is 0 Å². The van der Waals surface area contributed by atoms with Gasteiger partial charge in [0.2, 0.25) is 0 Å². The second-order valence-corrected chi connectivity index (χ2v) is 5.23. The molecule has 19 heavy (non-hydrogen) atoms. The molecule has 1 aliphatic heterocycles. The van der Waals surface area contributed by atoms with Gasteiger partial charge in [-0.05, 0) is 31.5 Å². The van der Waals surface area contributed by atoms with Crippen molar-refractivity contribution >= 4 is 0 Å². The van der Waals surface area contributed by atoms with Crippen molar-refractivity contribution < 1.29 is 4.74 Å². The van der Waals surface area contributed by atoms with Crippen LogP contribution in [0.1, 0.15) is 31.5 Å². The Morgan fingerprint density at radius 1 is 1.47 bits per heavy atom. The van der Waals surface area contributed by atoms with Crippen molar-refractivity contribution in [2.24, 2.45) is 0 Å². The molecule has 0 bridgehead atoms. The molecule has 1 aromatic heterocycles. The highest BCUT2D eigenvalue weighted by Crippen LogP contribution is 2.11. The third kappa shape index (κ3) is 4.56. The molecular weight excluding hydrogens is 238 g/mol. The molecule has 1 aliphatic rings. The zero-order valence-corrected chi connectivity index (χ0v) is 12.1. The molecule has 4 heteroatoms. The van der Waals surface area contributed by atoms with Crippen LogP contribution in [0.25, 0.3) is 0 Å². The minimum absolute atomic E-state index is 0.487. The molecule has 1 atom stereocenters. The van der Waals surface area contributed by atoms with E-state index in [1.165, 1.54) is 12.0 Å². The topological polar surface area (TPSA) is 37.4 Å². The number of ether oxygens (including phenoxy) is 1. The highest BCUT2D eigenvalue weighted by molar-refractivity contribution is 5.14. The zero-order valence-electron chi connectivity index (χ0n) is 12.1. The first-order valence-corrected chi connectivity index (χ1v) is 7.26. The summed E-state index contributed by atoms with van der Waals surface area (Å²) in [5.74, 6) is 0. The van der Waals surface area contributed by atoms with Crippen LogP contribution in [-0.4, -0.2) is 42.2 Å². The van der Waals surface area contributed by atoms with Gasteiger partial charge < -0.3 is 10.1 Å². The van der Waals surface area contributed by atoms with Gasteiger partial charge in [-0.25, -0.2) is 0 Å². The standard InChI is InChI=1S/C15H25N3O/c1-3-6-16-9-14-4-5-15(17-10-14)11-18-7-8-19-12-13(18)2/h4-5,10,13,16H,3,6-9,11-12H2,1-2H3. The molecule has 0 saturated carbocycles. The fraction of sp³-hybridized carbons (Fsp3) is 0.667. The molecule has 2 rings (SSSR count). The van der Waals surface area contributed by atoms with E-state index in [0.29, 0.717) is 6.04 Å². The molecule has 0 amide bonds. The van der Waals surface area contributed by atoms with Crippen LogP contribution in [0.5, 0.6) is 0 Å². The average Bonchev–Trinajstić information content (AvgIpc) is 2.44. The van der Waals surface area contributed by atoms with Crippen LogP contribution in [-0.2, 0) is 17.8 Å². The Balaban J connectivity index is 1.84. The maximum atomic E-state index is 5.45. The molecule has 1 unspecified atom stereocenters. The van der Waals surface area contributed by atoms with Gasteiger partial charge in [0.05, 0.1) is 18.9 Å². The molecule has 1 aromatic rings. The van der Waals surface area contributed by atoms with E-state index in [1.54, 1.807) is 0 Å². The molecular formula is C15H25N3O. The Kier molecular flexibility index (Phi) is 5.76. The van der Waals surface area contributed by atoms with Gasteiger partial charge in [0.1, 0.15) is 0 Å². The van der Waals surface area contributed by atoms with E-state index in [9.17, 15) is 0 Å². The number of hydrogen-bond donors (Lipinski definition) is 1. The lowest BCUT2D eigenvalue weighted by Gasteiger charge is -2.32. The summed E-state index contributed by atoms with van der Waals surface area (Å²) in [4.78, 5) is 6.99. The Labute approximate surface area is 116 Å². The second kappa shape index (κ2) is 7.58. The third-order valence-electron chi connectivity index (χ3n) is 3.51. The SMILES string of the molecule is CCCNCc1ccc(CN2CCOCC2C)nc1. The van der Waals surface area contributed by atoms with Crippen molar-refractivity contribution in [1.29, 1.82) is 0 Å². The van der Waals surface area contributed by atoms with Gasteiger partial charge >= 0.3 is 0 Å². The molecule has 4 nitrogen and oxygen atoms in total. The third-order valence-corrected chi connectivity index (χ3v) is 3.51. The van der Waals surface area contributed by atoms with Crippen molar-refractivity contribution in [3.05, 3.63) is 29.6 Å². The molecule has 0 aliphatic carbocycles. The first-order valence-electron chi connectivity index (χ1n) is 7.26. The quantitative estimate of drug-likeness (QED) is 0.794. The van der Waals surface area contributed by atoms with Gasteiger partial charge in [-0.2, -0.15) is 0 Å². The van der Waals surface area contributed by atoms with Crippen LogP contribution >= 0.6 is 0 Å². The monoisotopic (exact) mass is 263 g/mol. The van der Waals surface area contributed by atoms with E-state index in [1.807, 2.05) is 6.20 Å². The van der Waals surface area contributed by atoms with E-state index >= 15 is 0 Å². The summed E-state index contributed by atoms with van der Waals surface area (Å²) in [6.07, 6.45) is 3.16. The van der Waals surface area contributed by atoms with Gasteiger partial charge in [-0.3, -0.25) is 9.88 Å². The van der Waals surface area contributed by atoms with Crippen molar-refractivity contribution in [3.63, 3.8) is 0 Å². The minimum atomic E-state index is 0.487. The molecule has 1 fully saturated rings. The number of pyridine rings is 1. The predicted octanol–water partition coefficient (Wildman–Crippen LogP) is 1.80. The Bertz CT molecular complexity index is 366. The van der Waals surface area contributed by atoms with Crippen molar-refractivity contribution in [2.45, 2.75) is 39.4 Å². The van der Waals surface area contributed by atoms with E-state index in [0.717, 1.165) is 45.1 Å². The summed E-state index contributed by atoms with van der Waals surface area (Å²) in [5, 5.41) is 3.39. The summed E-state index contributed by atoms with van der Waals surface area (Å²) in [7, 11) is 0. The second-order valence-electron chi connectivity index (χ2n) is 5.23. The van der Waals surface area contributed by atoms with Gasteiger partial charge in [-0.1, -0.05) is 13.0 Å². The van der Waals surface area contributed by atoms with Crippen LogP contribution in [0.3, 0.4) is 0 Å². The first kappa shape index (κ1) is 14.4. The maximum absolute atomic E-state index is 5.45. The minimum Gasteiger partial charge on any atom is -0.379 e. The Hall–Kier alpha value is -0.970. The lowest BCUT2D eigenvalue weighted by molar-refractivity contribution is -0.00491. The fourth-order valence-corrected chi connectivity index (χ4v) is 2.27. The lowest BCUT2D eigenvalue weighted by Crippen LogP contribution is -2.43. The smallest absolute Gasteiger partial charge is 0.0619 e. The van der Waals surface area contributed by atoms with Crippen molar-refractivity contribution in [3.8, 4) is 0 Å². The Morgan fingerprint density at radius 3 is 3.05 bits per heavy atom. The van der Waals surface area contributed by atoms with Gasteiger partial charge in [0.15, 0.2) is 0 Å². The molecule has 0 spiro atoms. The van der Waals surface area contributed by atoms with Crippen LogP contribution in [0.4, 0.5) is 0 Å². The molecule has 0 radical (unpaired) electrons. The number of aromatic nitrogens is 1. The van der Waals surface area contributed by atoms with Gasteiger partial charge in [-0.15, -0.1) is 0 Å². The van der Waals surface area contributed by atoms with E-state index in [4.69, 9.17) is 4.74 Å².